The van der Waals surface area contributed by atoms with Gasteiger partial charge in [-0.1, -0.05) is 0 Å². The molecule has 0 radical (unpaired) electrons. The van der Waals surface area contributed by atoms with Crippen molar-refractivity contribution in [3.05, 3.63) is 35.3 Å². The maximum atomic E-state index is 13.5. The van der Waals surface area contributed by atoms with Crippen LogP contribution in [0.2, 0.25) is 0 Å². The molecule has 1 fully saturated rings. The zero-order chi connectivity index (χ0) is 14.2. The number of aromatic nitrogens is 1. The summed E-state index contributed by atoms with van der Waals surface area (Å²) in [5.41, 5.74) is 3.69. The molecule has 2 aliphatic rings. The SMILES string of the molecule is Fc1ccc2[nH]c3c(c2c1)CN(CC1CCNCC1)CC3. The molecule has 0 amide bonds. The molecule has 0 saturated carbocycles. The van der Waals surface area contributed by atoms with Crippen LogP contribution in [0, 0.1) is 11.7 Å². The molecule has 4 heteroatoms. The van der Waals surface area contributed by atoms with E-state index in [1.807, 2.05) is 6.07 Å². The number of nitrogens with one attached hydrogen (secondary N) is 2. The summed E-state index contributed by atoms with van der Waals surface area (Å²) in [4.78, 5) is 6.02. The highest BCUT2D eigenvalue weighted by atomic mass is 19.1. The summed E-state index contributed by atoms with van der Waals surface area (Å²) >= 11 is 0. The van der Waals surface area contributed by atoms with Crippen LogP contribution in [-0.4, -0.2) is 36.1 Å². The Kier molecular flexibility index (Phi) is 3.43. The van der Waals surface area contributed by atoms with E-state index in [0.717, 1.165) is 49.4 Å². The van der Waals surface area contributed by atoms with Crippen molar-refractivity contribution in [3.8, 4) is 0 Å². The van der Waals surface area contributed by atoms with Crippen molar-refractivity contribution in [1.29, 1.82) is 0 Å². The van der Waals surface area contributed by atoms with Crippen LogP contribution in [-0.2, 0) is 13.0 Å². The highest BCUT2D eigenvalue weighted by molar-refractivity contribution is 5.84. The number of fused-ring (bicyclic) bond motifs is 3. The molecule has 0 spiro atoms. The Morgan fingerprint density at radius 1 is 1.24 bits per heavy atom. The number of hydrogen-bond acceptors (Lipinski definition) is 2. The van der Waals surface area contributed by atoms with E-state index in [0.29, 0.717) is 0 Å². The third kappa shape index (κ3) is 2.58. The Hall–Kier alpha value is -1.39. The highest BCUT2D eigenvalue weighted by Gasteiger charge is 2.23. The van der Waals surface area contributed by atoms with Gasteiger partial charge in [-0.2, -0.15) is 0 Å². The molecule has 3 heterocycles. The summed E-state index contributed by atoms with van der Waals surface area (Å²) in [7, 11) is 0. The molecular weight excluding hydrogens is 265 g/mol. The van der Waals surface area contributed by atoms with Crippen LogP contribution in [0.25, 0.3) is 10.9 Å². The van der Waals surface area contributed by atoms with Crippen LogP contribution in [0.4, 0.5) is 4.39 Å². The Labute approximate surface area is 124 Å². The molecule has 1 saturated heterocycles. The first-order valence-corrected chi connectivity index (χ1v) is 8.01. The van der Waals surface area contributed by atoms with Gasteiger partial charge in [0.1, 0.15) is 5.82 Å². The minimum absolute atomic E-state index is 0.139. The molecular formula is C17H22FN3. The van der Waals surface area contributed by atoms with E-state index in [-0.39, 0.29) is 5.82 Å². The molecule has 2 aliphatic heterocycles. The zero-order valence-corrected chi connectivity index (χ0v) is 12.3. The lowest BCUT2D eigenvalue weighted by Crippen LogP contribution is -2.38. The van der Waals surface area contributed by atoms with Gasteiger partial charge in [0.2, 0.25) is 0 Å². The number of piperidine rings is 1. The third-order valence-corrected chi connectivity index (χ3v) is 4.99. The molecule has 4 rings (SSSR count). The van der Waals surface area contributed by atoms with Gasteiger partial charge in [0.15, 0.2) is 0 Å². The van der Waals surface area contributed by atoms with Crippen molar-refractivity contribution < 1.29 is 4.39 Å². The Balaban J connectivity index is 1.55. The van der Waals surface area contributed by atoms with E-state index in [4.69, 9.17) is 0 Å². The maximum Gasteiger partial charge on any atom is 0.123 e. The molecule has 1 aromatic heterocycles. The van der Waals surface area contributed by atoms with Crippen molar-refractivity contribution in [2.75, 3.05) is 26.2 Å². The van der Waals surface area contributed by atoms with Crippen molar-refractivity contribution in [1.82, 2.24) is 15.2 Å². The van der Waals surface area contributed by atoms with Gasteiger partial charge in [-0.3, -0.25) is 4.90 Å². The molecule has 0 bridgehead atoms. The van der Waals surface area contributed by atoms with Crippen LogP contribution < -0.4 is 5.32 Å². The van der Waals surface area contributed by atoms with Gasteiger partial charge in [0.25, 0.3) is 0 Å². The minimum Gasteiger partial charge on any atom is -0.358 e. The fourth-order valence-corrected chi connectivity index (χ4v) is 3.83. The van der Waals surface area contributed by atoms with Gasteiger partial charge in [-0.05, 0) is 55.6 Å². The Morgan fingerprint density at radius 2 is 2.10 bits per heavy atom. The van der Waals surface area contributed by atoms with Crippen molar-refractivity contribution in [2.24, 2.45) is 5.92 Å². The lowest BCUT2D eigenvalue weighted by molar-refractivity contribution is 0.191. The lowest BCUT2D eigenvalue weighted by Gasteiger charge is -2.32. The van der Waals surface area contributed by atoms with E-state index >= 15 is 0 Å². The number of rotatable bonds is 2. The van der Waals surface area contributed by atoms with Gasteiger partial charge >= 0.3 is 0 Å². The van der Waals surface area contributed by atoms with Crippen LogP contribution in [0.15, 0.2) is 18.2 Å². The second-order valence-corrected chi connectivity index (χ2v) is 6.45. The fourth-order valence-electron chi connectivity index (χ4n) is 3.83. The number of halogens is 1. The van der Waals surface area contributed by atoms with E-state index in [1.165, 1.54) is 36.7 Å². The first-order valence-electron chi connectivity index (χ1n) is 8.01. The second-order valence-electron chi connectivity index (χ2n) is 6.45. The molecule has 21 heavy (non-hydrogen) atoms. The van der Waals surface area contributed by atoms with Crippen LogP contribution >= 0.6 is 0 Å². The maximum absolute atomic E-state index is 13.5. The number of nitrogens with zero attached hydrogens (tertiary/aromatic N) is 1. The van der Waals surface area contributed by atoms with E-state index in [2.05, 4.69) is 15.2 Å². The summed E-state index contributed by atoms with van der Waals surface area (Å²) in [5, 5.41) is 4.50. The van der Waals surface area contributed by atoms with E-state index in [1.54, 1.807) is 6.07 Å². The van der Waals surface area contributed by atoms with Crippen molar-refractivity contribution in [2.45, 2.75) is 25.8 Å². The summed E-state index contributed by atoms with van der Waals surface area (Å²) < 4.78 is 13.5. The predicted molar refractivity (Wildman–Crippen MR) is 82.8 cm³/mol. The second kappa shape index (κ2) is 5.43. The number of hydrogen-bond donors (Lipinski definition) is 2. The molecule has 0 unspecified atom stereocenters. The van der Waals surface area contributed by atoms with Gasteiger partial charge < -0.3 is 10.3 Å². The molecule has 3 nitrogen and oxygen atoms in total. The quantitative estimate of drug-likeness (QED) is 0.890. The van der Waals surface area contributed by atoms with Gasteiger partial charge in [0, 0.05) is 42.7 Å². The molecule has 112 valence electrons. The number of H-pyrrole nitrogens is 1. The van der Waals surface area contributed by atoms with Gasteiger partial charge in [-0.15, -0.1) is 0 Å². The highest BCUT2D eigenvalue weighted by Crippen LogP contribution is 2.29. The molecule has 2 aromatic rings. The van der Waals surface area contributed by atoms with Crippen LogP contribution in [0.5, 0.6) is 0 Å². The minimum atomic E-state index is -0.139. The molecule has 0 aliphatic carbocycles. The normalized spacial score (nSPS) is 20.8. The number of benzene rings is 1. The summed E-state index contributed by atoms with van der Waals surface area (Å²) in [5.74, 6) is 0.675. The molecule has 0 atom stereocenters. The average molecular weight is 287 g/mol. The largest absolute Gasteiger partial charge is 0.358 e. The predicted octanol–water partition coefficient (Wildman–Crippen LogP) is 2.66. The molecule has 2 N–H and O–H groups in total. The van der Waals surface area contributed by atoms with E-state index in [9.17, 15) is 4.39 Å². The van der Waals surface area contributed by atoms with Crippen LogP contribution in [0.3, 0.4) is 0 Å². The molecule has 1 aromatic carbocycles. The smallest absolute Gasteiger partial charge is 0.123 e. The Morgan fingerprint density at radius 3 is 2.95 bits per heavy atom. The standard InChI is InChI=1S/C17H22FN3/c18-13-1-2-16-14(9-13)15-11-21(8-5-17(15)20-16)10-12-3-6-19-7-4-12/h1-2,9,12,19-20H,3-8,10-11H2. The first kappa shape index (κ1) is 13.3. The Bertz CT molecular complexity index is 643. The number of aromatic amines is 1. The van der Waals surface area contributed by atoms with E-state index < -0.39 is 0 Å². The van der Waals surface area contributed by atoms with Crippen molar-refractivity contribution in [3.63, 3.8) is 0 Å². The van der Waals surface area contributed by atoms with Gasteiger partial charge in [0.05, 0.1) is 0 Å². The zero-order valence-electron chi connectivity index (χ0n) is 12.3. The summed E-state index contributed by atoms with van der Waals surface area (Å²) in [6.07, 6.45) is 3.62. The average Bonchev–Trinajstić information content (AvgIpc) is 2.86. The van der Waals surface area contributed by atoms with Crippen LogP contribution in [0.1, 0.15) is 24.1 Å². The van der Waals surface area contributed by atoms with Gasteiger partial charge in [-0.25, -0.2) is 4.39 Å². The van der Waals surface area contributed by atoms with Crippen molar-refractivity contribution >= 4 is 10.9 Å². The third-order valence-electron chi connectivity index (χ3n) is 4.99. The summed E-state index contributed by atoms with van der Waals surface area (Å²) in [6, 6.07) is 5.08. The summed E-state index contributed by atoms with van der Waals surface area (Å²) in [6.45, 7) is 5.57. The fraction of sp³-hybridized carbons (Fsp3) is 0.529. The first-order chi connectivity index (χ1) is 10.3. The monoisotopic (exact) mass is 287 g/mol. The lowest BCUT2D eigenvalue weighted by atomic mass is 9.96. The topological polar surface area (TPSA) is 31.1 Å².